The summed E-state index contributed by atoms with van der Waals surface area (Å²) in [5.41, 5.74) is 0.604. The second-order valence-corrected chi connectivity index (χ2v) is 14.8. The fourth-order valence-electron chi connectivity index (χ4n) is 7.28. The van der Waals surface area contributed by atoms with E-state index < -0.39 is 60.2 Å². The Labute approximate surface area is 310 Å². The number of methoxy groups -OCH3 is 2. The number of likely N-dealkylation sites (tertiary alicyclic amines) is 1. The normalized spacial score (nSPS) is 19.1. The third-order valence-corrected chi connectivity index (χ3v) is 10.5. The van der Waals surface area contributed by atoms with Crippen LogP contribution < -0.4 is 16.0 Å². The van der Waals surface area contributed by atoms with Gasteiger partial charge in [0.1, 0.15) is 12.1 Å². The van der Waals surface area contributed by atoms with Crippen LogP contribution in [-0.2, 0) is 39.9 Å². The van der Waals surface area contributed by atoms with Crippen molar-refractivity contribution in [2.45, 2.75) is 123 Å². The molecule has 0 radical (unpaired) electrons. The number of carbonyl (C=O) groups is 5. The summed E-state index contributed by atoms with van der Waals surface area (Å²) in [7, 11) is 6.44. The van der Waals surface area contributed by atoms with Gasteiger partial charge in [0.15, 0.2) is 0 Å². The molecule has 1 heterocycles. The van der Waals surface area contributed by atoms with E-state index >= 15 is 0 Å². The van der Waals surface area contributed by atoms with E-state index in [-0.39, 0.29) is 48.3 Å². The average Bonchev–Trinajstić information content (AvgIpc) is 3.59. The molecule has 9 atom stereocenters. The number of carbonyl (C=O) groups excluding carboxylic acids is 4. The third kappa shape index (κ3) is 11.6. The average molecular weight is 730 g/mol. The molecule has 1 aliphatic rings. The third-order valence-electron chi connectivity index (χ3n) is 10.5. The monoisotopic (exact) mass is 729 g/mol. The first-order valence-electron chi connectivity index (χ1n) is 18.5. The Morgan fingerprint density at radius 3 is 2.15 bits per heavy atom. The van der Waals surface area contributed by atoms with Crippen molar-refractivity contribution in [3.8, 4) is 0 Å². The molecule has 1 aromatic carbocycles. The zero-order chi connectivity index (χ0) is 39.3. The number of likely N-dealkylation sites (N-methyl/N-ethyl adjacent to an activating group) is 2. The van der Waals surface area contributed by atoms with Crippen LogP contribution in [0.3, 0.4) is 0 Å². The second-order valence-electron chi connectivity index (χ2n) is 14.8. The van der Waals surface area contributed by atoms with Gasteiger partial charge in [-0.15, -0.1) is 0 Å². The van der Waals surface area contributed by atoms with Crippen molar-refractivity contribution in [2.24, 2.45) is 23.7 Å². The molecule has 52 heavy (non-hydrogen) atoms. The molecule has 0 aliphatic carbocycles. The van der Waals surface area contributed by atoms with E-state index in [9.17, 15) is 29.1 Å². The van der Waals surface area contributed by atoms with E-state index in [2.05, 4.69) is 28.1 Å². The van der Waals surface area contributed by atoms with Gasteiger partial charge < -0.3 is 40.3 Å². The molecule has 7 unspecified atom stereocenters. The first-order chi connectivity index (χ1) is 24.5. The number of hydrogen-bond acceptors (Lipinski definition) is 8. The summed E-state index contributed by atoms with van der Waals surface area (Å²) in [6.45, 7) is 13.8. The molecular weight excluding hydrogens is 666 g/mol. The van der Waals surface area contributed by atoms with Gasteiger partial charge in [-0.25, -0.2) is 4.79 Å². The highest BCUT2D eigenvalue weighted by Gasteiger charge is 2.43. The van der Waals surface area contributed by atoms with Crippen LogP contribution in [-0.4, -0.2) is 122 Å². The first-order valence-corrected chi connectivity index (χ1v) is 18.5. The molecule has 0 bridgehead atoms. The lowest BCUT2D eigenvalue weighted by Crippen LogP contribution is -2.59. The quantitative estimate of drug-likeness (QED) is 0.149. The van der Waals surface area contributed by atoms with Gasteiger partial charge in [0.05, 0.1) is 42.7 Å². The van der Waals surface area contributed by atoms with Gasteiger partial charge in [-0.05, 0) is 49.8 Å². The zero-order valence-electron chi connectivity index (χ0n) is 33.0. The highest BCUT2D eigenvalue weighted by atomic mass is 16.5. The van der Waals surface area contributed by atoms with E-state index in [1.165, 1.54) is 14.2 Å². The molecule has 0 spiro atoms. The number of carboxylic acid groups (broad SMARTS) is 1. The van der Waals surface area contributed by atoms with Gasteiger partial charge in [-0.2, -0.15) is 0 Å². The van der Waals surface area contributed by atoms with Crippen LogP contribution in [0.25, 0.3) is 0 Å². The number of hydrogen-bond donors (Lipinski definition) is 4. The van der Waals surface area contributed by atoms with E-state index in [1.54, 1.807) is 49.0 Å². The summed E-state index contributed by atoms with van der Waals surface area (Å²) >= 11 is 0. The van der Waals surface area contributed by atoms with Gasteiger partial charge in [0.25, 0.3) is 0 Å². The smallest absolute Gasteiger partial charge is 0.326 e. The first kappa shape index (κ1) is 44.4. The predicted molar refractivity (Wildman–Crippen MR) is 198 cm³/mol. The van der Waals surface area contributed by atoms with Crippen molar-refractivity contribution in [2.75, 3.05) is 34.9 Å². The lowest BCUT2D eigenvalue weighted by molar-refractivity contribution is -0.148. The standard InChI is InChI=1S/C39H63N5O8/c1-12-25(6)34(43(9)38(48)33(24(4)5)42-37(47)32(40-8)23(2)3)30(51-10)22-31(45)44-20-16-19-29(44)35(52-11)26(7)36(46)41-28(39(49)50)21-27-17-14-13-15-18-27/h13-14,17,23-26,28-30,32-35,40H,12,16,19-22H2,1-11H3,(H,41,46)(H,42,47)(H,49,50)/t25-,26?,28?,29?,30?,32?,33-,34?,35?/m0/s1. The van der Waals surface area contributed by atoms with E-state index in [1.807, 2.05) is 41.5 Å². The van der Waals surface area contributed by atoms with E-state index in [0.29, 0.717) is 31.4 Å². The molecular formula is C39H63N5O8. The molecule has 1 fully saturated rings. The Hall–Kier alpha value is -3.73. The molecule has 13 nitrogen and oxygen atoms in total. The minimum atomic E-state index is -1.18. The number of aliphatic carboxylic acids is 1. The van der Waals surface area contributed by atoms with Crippen LogP contribution in [0.5, 0.6) is 0 Å². The van der Waals surface area contributed by atoms with Crippen molar-refractivity contribution in [3.05, 3.63) is 35.9 Å². The second kappa shape index (κ2) is 21.1. The maximum Gasteiger partial charge on any atom is 0.326 e. The van der Waals surface area contributed by atoms with E-state index in [0.717, 1.165) is 0 Å². The van der Waals surface area contributed by atoms with Crippen molar-refractivity contribution in [1.29, 1.82) is 0 Å². The number of carboxylic acids is 1. The molecule has 2 rings (SSSR count). The van der Waals surface area contributed by atoms with Gasteiger partial charge in [0, 0.05) is 39.8 Å². The Kier molecular flexibility index (Phi) is 18.0. The van der Waals surface area contributed by atoms with Crippen LogP contribution in [0.15, 0.2) is 18.2 Å². The molecule has 0 saturated carbocycles. The van der Waals surface area contributed by atoms with Crippen molar-refractivity contribution in [1.82, 2.24) is 25.8 Å². The van der Waals surface area contributed by atoms with Crippen LogP contribution in [0.1, 0.15) is 79.7 Å². The zero-order valence-corrected chi connectivity index (χ0v) is 33.0. The Morgan fingerprint density at radius 1 is 1.00 bits per heavy atom. The largest absolute Gasteiger partial charge is 0.480 e. The molecule has 4 amide bonds. The molecule has 1 aromatic rings. The minimum Gasteiger partial charge on any atom is -0.480 e. The summed E-state index contributed by atoms with van der Waals surface area (Å²) in [5, 5.41) is 18.5. The maximum atomic E-state index is 14.1. The van der Waals surface area contributed by atoms with Crippen molar-refractivity contribution in [3.63, 3.8) is 0 Å². The molecule has 0 aromatic heterocycles. The summed E-state index contributed by atoms with van der Waals surface area (Å²) in [6, 6.07) is 7.45. The highest BCUT2D eigenvalue weighted by Crippen LogP contribution is 2.29. The number of amides is 4. The number of nitrogens with one attached hydrogen (secondary N) is 3. The SMILES string of the molecule is CC[C@H](C)C(C(CC(=O)N1CCCC1C(OC)C(C)C(=O)NC(Cc1c#cccc1)C(=O)O)OC)N(C)C(=O)[C@@H](NC(=O)C(NC)C(C)C)C(C)C. The van der Waals surface area contributed by atoms with Gasteiger partial charge in [-0.1, -0.05) is 73.1 Å². The van der Waals surface area contributed by atoms with Gasteiger partial charge in [-0.3, -0.25) is 19.2 Å². The van der Waals surface area contributed by atoms with Crippen LogP contribution in [0, 0.1) is 35.8 Å². The lowest BCUT2D eigenvalue weighted by Gasteiger charge is -2.41. The van der Waals surface area contributed by atoms with Crippen LogP contribution in [0.2, 0.25) is 0 Å². The molecule has 4 N–H and O–H groups in total. The van der Waals surface area contributed by atoms with Crippen molar-refractivity contribution < 1.29 is 38.6 Å². The van der Waals surface area contributed by atoms with Gasteiger partial charge in [0.2, 0.25) is 23.6 Å². The topological polar surface area (TPSA) is 167 Å². The number of rotatable bonds is 21. The van der Waals surface area contributed by atoms with E-state index in [4.69, 9.17) is 9.47 Å². The molecule has 1 saturated heterocycles. The lowest BCUT2D eigenvalue weighted by atomic mass is 9.89. The summed E-state index contributed by atoms with van der Waals surface area (Å²) < 4.78 is 11.8. The number of ether oxygens (including phenoxy) is 2. The van der Waals surface area contributed by atoms with Gasteiger partial charge >= 0.3 is 5.97 Å². The fourth-order valence-corrected chi connectivity index (χ4v) is 7.28. The molecule has 292 valence electrons. The van der Waals surface area contributed by atoms with Crippen LogP contribution in [0.4, 0.5) is 0 Å². The highest BCUT2D eigenvalue weighted by molar-refractivity contribution is 5.90. The van der Waals surface area contributed by atoms with Crippen LogP contribution >= 0.6 is 0 Å². The Morgan fingerprint density at radius 2 is 1.65 bits per heavy atom. The summed E-state index contributed by atoms with van der Waals surface area (Å²) in [4.78, 5) is 70.2. The van der Waals surface area contributed by atoms with Crippen molar-refractivity contribution >= 4 is 29.6 Å². The minimum absolute atomic E-state index is 0.0177. The Balaban J connectivity index is 2.26. The summed E-state index contributed by atoms with van der Waals surface area (Å²) in [6.07, 6.45) is 0.685. The maximum absolute atomic E-state index is 14.1. The fraction of sp³-hybridized carbons (Fsp3) is 0.718. The molecule has 1 aliphatic heterocycles. The summed E-state index contributed by atoms with van der Waals surface area (Å²) in [5.74, 6) is -3.36. The number of nitrogens with zero attached hydrogens (tertiary/aromatic N) is 2. The predicted octanol–water partition coefficient (Wildman–Crippen LogP) is 2.70. The molecule has 13 heteroatoms. The Bertz CT molecular complexity index is 1310.